The zero-order valence-corrected chi connectivity index (χ0v) is 14.4. The largest absolute Gasteiger partial charge is 0.507 e. The van der Waals surface area contributed by atoms with E-state index >= 15 is 0 Å². The average molecular weight is 360 g/mol. The molecule has 7 heteroatoms. The molecule has 0 aliphatic heterocycles. The van der Waals surface area contributed by atoms with Crippen molar-refractivity contribution in [3.05, 3.63) is 71.0 Å². The van der Waals surface area contributed by atoms with Crippen LogP contribution >= 0.6 is 0 Å². The third-order valence-corrected chi connectivity index (χ3v) is 4.19. The van der Waals surface area contributed by atoms with Crippen LogP contribution in [0.3, 0.4) is 0 Å². The number of nitrogens with zero attached hydrogens (tertiary/aromatic N) is 2. The number of rotatable bonds is 4. The summed E-state index contributed by atoms with van der Waals surface area (Å²) in [5.74, 6) is 0.903. The summed E-state index contributed by atoms with van der Waals surface area (Å²) in [4.78, 5) is 15.3. The van der Waals surface area contributed by atoms with E-state index in [9.17, 15) is 9.90 Å². The second kappa shape index (κ2) is 6.80. The van der Waals surface area contributed by atoms with E-state index in [1.54, 1.807) is 43.5 Å². The third-order valence-electron chi connectivity index (χ3n) is 4.19. The molecule has 1 aromatic heterocycles. The second-order valence-corrected chi connectivity index (χ2v) is 5.89. The Balaban J connectivity index is 1.72. The molecule has 4 rings (SSSR count). The Morgan fingerprint density at radius 1 is 1.00 bits per heavy atom. The van der Waals surface area contributed by atoms with Gasteiger partial charge in [0.25, 0.3) is 5.56 Å². The lowest BCUT2D eigenvalue weighted by Gasteiger charge is -2.09. The molecule has 0 atom stereocenters. The quantitative estimate of drug-likeness (QED) is 0.515. The maximum Gasteiger partial charge on any atom is 0.279 e. The molecule has 0 radical (unpaired) electrons. The predicted octanol–water partition coefficient (Wildman–Crippen LogP) is 3.44. The summed E-state index contributed by atoms with van der Waals surface area (Å²) in [5, 5.41) is 23.0. The number of aromatic hydroxyl groups is 1. The topological polar surface area (TPSA) is 100 Å². The van der Waals surface area contributed by atoms with Crippen LogP contribution in [0.5, 0.6) is 11.5 Å². The maximum atomic E-state index is 12.6. The molecule has 3 N–H and O–H groups in total. The Morgan fingerprint density at radius 2 is 1.78 bits per heavy atom. The highest BCUT2D eigenvalue weighted by Gasteiger charge is 2.15. The number of H-pyrrole nitrogens is 1. The monoisotopic (exact) mass is 360 g/mol. The van der Waals surface area contributed by atoms with Crippen molar-refractivity contribution in [1.82, 2.24) is 15.2 Å². The Kier molecular flexibility index (Phi) is 4.18. The van der Waals surface area contributed by atoms with Gasteiger partial charge in [-0.3, -0.25) is 9.78 Å². The fourth-order valence-electron chi connectivity index (χ4n) is 2.88. The number of phenols is 1. The van der Waals surface area contributed by atoms with Crippen molar-refractivity contribution >= 4 is 22.4 Å². The van der Waals surface area contributed by atoms with Gasteiger partial charge in [-0.25, -0.2) is 0 Å². The minimum atomic E-state index is -0.451. The normalized spacial score (nSPS) is 10.7. The van der Waals surface area contributed by atoms with E-state index in [0.29, 0.717) is 5.56 Å². The molecule has 3 aromatic carbocycles. The average Bonchev–Trinajstić information content (AvgIpc) is 2.69. The van der Waals surface area contributed by atoms with Crippen molar-refractivity contribution in [2.24, 2.45) is 0 Å². The van der Waals surface area contributed by atoms with E-state index in [0.717, 1.165) is 22.2 Å². The van der Waals surface area contributed by atoms with Gasteiger partial charge in [-0.1, -0.05) is 30.3 Å². The summed E-state index contributed by atoms with van der Waals surface area (Å²) >= 11 is 0. The van der Waals surface area contributed by atoms with E-state index in [1.807, 2.05) is 24.3 Å². The number of hydrogen-bond donors (Lipinski definition) is 3. The summed E-state index contributed by atoms with van der Waals surface area (Å²) in [6.45, 7) is 0. The van der Waals surface area contributed by atoms with Gasteiger partial charge in [0, 0.05) is 5.69 Å². The van der Waals surface area contributed by atoms with Crippen LogP contribution in [-0.2, 0) is 0 Å². The van der Waals surface area contributed by atoms with Gasteiger partial charge in [-0.05, 0) is 41.1 Å². The number of hydrogen-bond acceptors (Lipinski definition) is 6. The van der Waals surface area contributed by atoms with Crippen LogP contribution in [0.2, 0.25) is 0 Å². The van der Waals surface area contributed by atoms with Crippen molar-refractivity contribution in [3.63, 3.8) is 0 Å². The minimum absolute atomic E-state index is 0.0237. The molecule has 0 aliphatic rings. The highest BCUT2D eigenvalue weighted by molar-refractivity contribution is 5.98. The first-order valence-electron chi connectivity index (χ1n) is 8.25. The predicted molar refractivity (Wildman–Crippen MR) is 104 cm³/mol. The lowest BCUT2D eigenvalue weighted by atomic mass is 10.0. The number of ether oxygens (including phenoxy) is 1. The van der Waals surface area contributed by atoms with Crippen molar-refractivity contribution in [2.75, 3.05) is 12.4 Å². The highest BCUT2D eigenvalue weighted by Crippen LogP contribution is 2.33. The standard InChI is InChI=1S/C20H16N4O3/c1-27-14-9-7-13(8-10-14)21-20-22-19(26)18(23-24-20)17-15-5-3-2-4-12(15)6-11-16(17)25/h2-11,25H,1H3,(H2,21,22,24,26). The summed E-state index contributed by atoms with van der Waals surface area (Å²) in [6, 6.07) is 18.0. The molecule has 0 aliphatic carbocycles. The minimum Gasteiger partial charge on any atom is -0.507 e. The SMILES string of the molecule is COc1ccc(Nc2nnc(-c3c(O)ccc4ccccc34)c(=O)[nH]2)cc1. The van der Waals surface area contributed by atoms with Crippen molar-refractivity contribution in [1.29, 1.82) is 0 Å². The van der Waals surface area contributed by atoms with E-state index in [1.165, 1.54) is 0 Å². The molecule has 0 saturated heterocycles. The van der Waals surface area contributed by atoms with Crippen LogP contribution in [0, 0.1) is 0 Å². The van der Waals surface area contributed by atoms with Crippen LogP contribution in [0.1, 0.15) is 0 Å². The van der Waals surface area contributed by atoms with Gasteiger partial charge < -0.3 is 15.2 Å². The van der Waals surface area contributed by atoms with Gasteiger partial charge in [0.15, 0.2) is 5.69 Å². The van der Waals surface area contributed by atoms with Crippen molar-refractivity contribution in [3.8, 4) is 22.8 Å². The van der Waals surface area contributed by atoms with E-state index < -0.39 is 5.56 Å². The summed E-state index contributed by atoms with van der Waals surface area (Å²) in [7, 11) is 1.59. The Bertz CT molecular complexity index is 1170. The van der Waals surface area contributed by atoms with Crippen molar-refractivity contribution < 1.29 is 9.84 Å². The molecule has 7 nitrogen and oxygen atoms in total. The molecule has 0 fully saturated rings. The molecule has 4 aromatic rings. The Hall–Kier alpha value is -3.87. The van der Waals surface area contributed by atoms with Crippen LogP contribution in [0.15, 0.2) is 65.5 Å². The number of phenolic OH excluding ortho intramolecular Hbond substituents is 1. The first-order chi connectivity index (χ1) is 13.2. The second-order valence-electron chi connectivity index (χ2n) is 5.89. The van der Waals surface area contributed by atoms with Crippen molar-refractivity contribution in [2.45, 2.75) is 0 Å². The van der Waals surface area contributed by atoms with Gasteiger partial charge in [-0.2, -0.15) is 0 Å². The lowest BCUT2D eigenvalue weighted by Crippen LogP contribution is -2.15. The summed E-state index contributed by atoms with van der Waals surface area (Å²) in [5.41, 5.74) is 0.691. The zero-order valence-electron chi connectivity index (χ0n) is 14.4. The number of anilines is 2. The molecular weight excluding hydrogens is 344 g/mol. The molecule has 0 amide bonds. The number of fused-ring (bicyclic) bond motifs is 1. The van der Waals surface area contributed by atoms with Gasteiger partial charge in [0.2, 0.25) is 5.95 Å². The number of benzene rings is 3. The fraction of sp³-hybridized carbons (Fsp3) is 0.0500. The smallest absolute Gasteiger partial charge is 0.279 e. The molecule has 134 valence electrons. The highest BCUT2D eigenvalue weighted by atomic mass is 16.5. The summed E-state index contributed by atoms with van der Waals surface area (Å²) in [6.07, 6.45) is 0. The maximum absolute atomic E-state index is 12.6. The number of aromatic nitrogens is 3. The molecular formula is C20H16N4O3. The van der Waals surface area contributed by atoms with Crippen LogP contribution in [0.4, 0.5) is 11.6 Å². The summed E-state index contributed by atoms with van der Waals surface area (Å²) < 4.78 is 5.11. The first-order valence-corrected chi connectivity index (χ1v) is 8.25. The number of aromatic amines is 1. The first kappa shape index (κ1) is 16.6. The van der Waals surface area contributed by atoms with Gasteiger partial charge in [0.1, 0.15) is 11.5 Å². The van der Waals surface area contributed by atoms with Gasteiger partial charge in [0.05, 0.1) is 12.7 Å². The molecule has 27 heavy (non-hydrogen) atoms. The van der Waals surface area contributed by atoms with Crippen LogP contribution in [-0.4, -0.2) is 27.4 Å². The van der Waals surface area contributed by atoms with E-state index in [4.69, 9.17) is 4.74 Å². The van der Waals surface area contributed by atoms with E-state index in [-0.39, 0.29) is 17.4 Å². The van der Waals surface area contributed by atoms with Gasteiger partial charge in [-0.15, -0.1) is 10.2 Å². The zero-order chi connectivity index (χ0) is 18.8. The number of methoxy groups -OCH3 is 1. The molecule has 0 spiro atoms. The van der Waals surface area contributed by atoms with Gasteiger partial charge >= 0.3 is 0 Å². The third kappa shape index (κ3) is 3.18. The van der Waals surface area contributed by atoms with E-state index in [2.05, 4.69) is 20.5 Å². The molecule has 0 saturated carbocycles. The van der Waals surface area contributed by atoms with Crippen LogP contribution in [0.25, 0.3) is 22.0 Å². The Labute approximate surface area is 154 Å². The molecule has 1 heterocycles. The van der Waals surface area contributed by atoms with Crippen LogP contribution < -0.4 is 15.6 Å². The fourth-order valence-corrected chi connectivity index (χ4v) is 2.88. The lowest BCUT2D eigenvalue weighted by molar-refractivity contribution is 0.415. The number of nitrogens with one attached hydrogen (secondary N) is 2. The molecule has 0 bridgehead atoms. The molecule has 0 unspecified atom stereocenters. The Morgan fingerprint density at radius 3 is 2.52 bits per heavy atom.